The highest BCUT2D eigenvalue weighted by molar-refractivity contribution is 7.42. The van der Waals surface area contributed by atoms with Gasteiger partial charge in [-0.2, -0.15) is 4.98 Å². The van der Waals surface area contributed by atoms with E-state index in [1.807, 2.05) is 24.3 Å². The highest BCUT2D eigenvalue weighted by Crippen LogP contribution is 2.47. The van der Waals surface area contributed by atoms with Crippen molar-refractivity contribution in [2.75, 3.05) is 12.3 Å². The van der Waals surface area contributed by atoms with Gasteiger partial charge in [0, 0.05) is 18.2 Å². The van der Waals surface area contributed by atoms with Crippen molar-refractivity contribution in [3.63, 3.8) is 0 Å². The number of nitrogen functional groups attached to an aromatic ring is 1. The van der Waals surface area contributed by atoms with Crippen LogP contribution in [0.2, 0.25) is 0 Å². The number of hydrogen-bond acceptors (Lipinski definition) is 8. The van der Waals surface area contributed by atoms with E-state index in [-0.39, 0.29) is 18.8 Å². The van der Waals surface area contributed by atoms with Gasteiger partial charge in [-0.25, -0.2) is 4.79 Å². The molecule has 0 saturated carbocycles. The average Bonchev–Trinajstić information content (AvgIpc) is 3.00. The van der Waals surface area contributed by atoms with E-state index in [1.54, 1.807) is 0 Å². The van der Waals surface area contributed by atoms with Crippen molar-refractivity contribution in [3.05, 3.63) is 52.6 Å². The number of aromatic nitrogens is 2. The minimum atomic E-state index is -1.56. The molecule has 26 heavy (non-hydrogen) atoms. The van der Waals surface area contributed by atoms with Gasteiger partial charge in [0.2, 0.25) is 0 Å². The van der Waals surface area contributed by atoms with E-state index in [9.17, 15) is 9.90 Å². The number of nitrogens with zero attached hydrogens (tertiary/aromatic N) is 2. The summed E-state index contributed by atoms with van der Waals surface area (Å²) in [5, 5.41) is 10.2. The molecule has 2 aliphatic heterocycles. The van der Waals surface area contributed by atoms with Crippen molar-refractivity contribution in [2.45, 2.75) is 31.5 Å². The van der Waals surface area contributed by atoms with Crippen LogP contribution in [0.25, 0.3) is 0 Å². The Balaban J connectivity index is 1.35. The van der Waals surface area contributed by atoms with Crippen molar-refractivity contribution < 1.29 is 23.4 Å². The van der Waals surface area contributed by atoms with Crippen molar-refractivity contribution >= 4 is 14.4 Å². The number of fused-ring (bicyclic) bond motifs is 1. The molecule has 0 radical (unpaired) electrons. The van der Waals surface area contributed by atoms with Gasteiger partial charge < -0.3 is 20.1 Å². The zero-order chi connectivity index (χ0) is 18.1. The molecule has 1 saturated heterocycles. The van der Waals surface area contributed by atoms with Crippen LogP contribution >= 0.6 is 8.60 Å². The van der Waals surface area contributed by atoms with Crippen LogP contribution in [0.4, 0.5) is 5.82 Å². The molecule has 2 aliphatic rings. The summed E-state index contributed by atoms with van der Waals surface area (Å²) in [5.41, 5.74) is 5.92. The number of rotatable bonds is 4. The van der Waals surface area contributed by atoms with Crippen LogP contribution in [0, 0.1) is 0 Å². The number of anilines is 1. The third-order valence-corrected chi connectivity index (χ3v) is 5.23. The first kappa shape index (κ1) is 17.4. The van der Waals surface area contributed by atoms with Gasteiger partial charge in [0.15, 0.2) is 0 Å². The van der Waals surface area contributed by atoms with Gasteiger partial charge in [0.05, 0.1) is 19.3 Å². The Morgan fingerprint density at radius 2 is 2.23 bits per heavy atom. The van der Waals surface area contributed by atoms with Crippen LogP contribution in [0.15, 0.2) is 41.3 Å². The summed E-state index contributed by atoms with van der Waals surface area (Å²) in [6.45, 7) is 0.494. The van der Waals surface area contributed by atoms with Crippen LogP contribution < -0.4 is 15.9 Å². The van der Waals surface area contributed by atoms with Crippen molar-refractivity contribution in [1.82, 2.24) is 9.55 Å². The molecule has 10 heteroatoms. The number of ether oxygens (including phenoxy) is 1. The van der Waals surface area contributed by atoms with E-state index in [4.69, 9.17) is 24.0 Å². The monoisotopic (exact) mass is 379 g/mol. The molecule has 0 aliphatic carbocycles. The predicted molar refractivity (Wildman–Crippen MR) is 92.2 cm³/mol. The second-order valence-corrected chi connectivity index (χ2v) is 7.11. The Bertz CT molecular complexity index is 847. The predicted octanol–water partition coefficient (Wildman–Crippen LogP) is 1.33. The van der Waals surface area contributed by atoms with E-state index in [2.05, 4.69) is 4.98 Å². The molecule has 3 heterocycles. The highest BCUT2D eigenvalue weighted by Gasteiger charge is 2.37. The molecular weight excluding hydrogens is 361 g/mol. The minimum Gasteiger partial charge on any atom is -0.426 e. The van der Waals surface area contributed by atoms with Gasteiger partial charge in [-0.3, -0.25) is 13.6 Å². The third kappa shape index (κ3) is 3.58. The number of para-hydroxylation sites is 1. The summed E-state index contributed by atoms with van der Waals surface area (Å²) in [7, 11) is -1.56. The molecule has 138 valence electrons. The number of benzene rings is 1. The van der Waals surface area contributed by atoms with Crippen molar-refractivity contribution in [2.24, 2.45) is 0 Å². The van der Waals surface area contributed by atoms with Crippen LogP contribution in [0.3, 0.4) is 0 Å². The summed E-state index contributed by atoms with van der Waals surface area (Å²) in [6, 6.07) is 9.08. The van der Waals surface area contributed by atoms with E-state index >= 15 is 0 Å². The summed E-state index contributed by atoms with van der Waals surface area (Å²) < 4.78 is 23.9. The van der Waals surface area contributed by atoms with Crippen molar-refractivity contribution in [3.8, 4) is 5.75 Å². The Kier molecular flexibility index (Phi) is 4.88. The Morgan fingerprint density at radius 3 is 3.08 bits per heavy atom. The zero-order valence-electron chi connectivity index (χ0n) is 13.7. The van der Waals surface area contributed by atoms with Gasteiger partial charge in [-0.05, 0) is 12.1 Å². The van der Waals surface area contributed by atoms with Gasteiger partial charge >= 0.3 is 14.3 Å². The first-order chi connectivity index (χ1) is 12.6. The Labute approximate surface area is 150 Å². The van der Waals surface area contributed by atoms with Gasteiger partial charge in [0.25, 0.3) is 0 Å². The highest BCUT2D eigenvalue weighted by atomic mass is 31.2. The molecule has 0 amide bonds. The summed E-state index contributed by atoms with van der Waals surface area (Å²) >= 11 is 0. The molecule has 9 nitrogen and oxygen atoms in total. The largest absolute Gasteiger partial charge is 0.426 e. The maximum atomic E-state index is 11.9. The van der Waals surface area contributed by atoms with Gasteiger partial charge in [0.1, 0.15) is 23.9 Å². The fourth-order valence-electron chi connectivity index (χ4n) is 2.82. The summed E-state index contributed by atoms with van der Waals surface area (Å²) in [5.74, 6) is 0.870. The minimum absolute atomic E-state index is 0.0860. The lowest BCUT2D eigenvalue weighted by Crippen LogP contribution is -2.28. The van der Waals surface area contributed by atoms with Crippen LogP contribution in [-0.4, -0.2) is 33.5 Å². The number of aliphatic hydroxyl groups excluding tert-OH is 1. The molecule has 4 unspecified atom stereocenters. The normalized spacial score (nSPS) is 27.7. The Hall–Kier alpha value is -2.03. The SMILES string of the molecule is Nc1ccn(C2CC(O)C(COP3OCc4ccccc4O3)O2)c(=O)n1. The lowest BCUT2D eigenvalue weighted by molar-refractivity contribution is -0.0436. The molecule has 0 spiro atoms. The number of hydrogen-bond donors (Lipinski definition) is 2. The quantitative estimate of drug-likeness (QED) is 0.764. The van der Waals surface area contributed by atoms with Crippen LogP contribution in [0.5, 0.6) is 5.75 Å². The molecule has 0 bridgehead atoms. The number of aliphatic hydroxyl groups is 1. The third-order valence-electron chi connectivity index (χ3n) is 4.18. The topological polar surface area (TPSA) is 118 Å². The fraction of sp³-hybridized carbons (Fsp3) is 0.375. The van der Waals surface area contributed by atoms with E-state index in [0.717, 1.165) is 11.3 Å². The van der Waals surface area contributed by atoms with Crippen LogP contribution in [-0.2, 0) is 20.4 Å². The molecule has 4 atom stereocenters. The molecular formula is C16H18N3O6P. The molecule has 3 N–H and O–H groups in total. The maximum absolute atomic E-state index is 11.9. The van der Waals surface area contributed by atoms with E-state index in [1.165, 1.54) is 16.8 Å². The average molecular weight is 379 g/mol. The standard InChI is InChI=1S/C16H18N3O6P/c17-14-5-6-19(16(21)18-14)15-7-11(20)13(24-15)9-23-26-22-8-10-3-1-2-4-12(10)25-26/h1-6,11,13,15,20H,7-9H2,(H2,17,18,21). The molecule has 2 aromatic rings. The first-order valence-electron chi connectivity index (χ1n) is 8.10. The smallest absolute Gasteiger partial charge is 0.397 e. The fourth-order valence-corrected chi connectivity index (χ4v) is 3.85. The molecule has 1 aromatic heterocycles. The summed E-state index contributed by atoms with van der Waals surface area (Å²) in [4.78, 5) is 15.6. The summed E-state index contributed by atoms with van der Waals surface area (Å²) in [6.07, 6.45) is -0.254. The van der Waals surface area contributed by atoms with Gasteiger partial charge in [-0.15, -0.1) is 0 Å². The molecule has 1 aromatic carbocycles. The maximum Gasteiger partial charge on any atom is 0.397 e. The molecule has 4 rings (SSSR count). The van der Waals surface area contributed by atoms with Gasteiger partial charge in [-0.1, -0.05) is 18.2 Å². The lowest BCUT2D eigenvalue weighted by Gasteiger charge is -2.25. The zero-order valence-corrected chi connectivity index (χ0v) is 14.6. The van der Waals surface area contributed by atoms with Crippen molar-refractivity contribution in [1.29, 1.82) is 0 Å². The second-order valence-electron chi connectivity index (χ2n) is 5.97. The first-order valence-corrected chi connectivity index (χ1v) is 9.20. The van der Waals surface area contributed by atoms with E-state index < -0.39 is 32.7 Å². The van der Waals surface area contributed by atoms with Crippen LogP contribution in [0.1, 0.15) is 18.2 Å². The second kappa shape index (κ2) is 7.30. The molecule has 1 fully saturated rings. The van der Waals surface area contributed by atoms with E-state index in [0.29, 0.717) is 6.61 Å². The lowest BCUT2D eigenvalue weighted by atomic mass is 10.2. The Morgan fingerprint density at radius 1 is 1.38 bits per heavy atom. The number of nitrogens with two attached hydrogens (primary N) is 1.